The molecule has 0 bridgehead atoms. The van der Waals surface area contributed by atoms with E-state index in [0.717, 1.165) is 5.56 Å². The lowest BCUT2D eigenvalue weighted by Crippen LogP contribution is -2.15. The van der Waals surface area contributed by atoms with Crippen molar-refractivity contribution in [3.05, 3.63) is 35.7 Å². The van der Waals surface area contributed by atoms with E-state index in [1.807, 2.05) is 0 Å². The molecule has 0 aliphatic carbocycles. The summed E-state index contributed by atoms with van der Waals surface area (Å²) < 4.78 is 5.31. The Hall–Kier alpha value is -3.58. The number of anilines is 2. The first-order valence-electron chi connectivity index (χ1n) is 7.01. The molecule has 2 aromatic rings. The van der Waals surface area contributed by atoms with Gasteiger partial charge in [-0.25, -0.2) is 0 Å². The van der Waals surface area contributed by atoms with Gasteiger partial charge in [0.25, 0.3) is 0 Å². The number of benzene rings is 1. The molecule has 0 unspecified atom stereocenters. The number of hydrogen-bond donors (Lipinski definition) is 1. The van der Waals surface area contributed by atoms with Crippen molar-refractivity contribution in [1.82, 2.24) is 15.0 Å². The average Bonchev–Trinajstić information content (AvgIpc) is 2.58. The van der Waals surface area contributed by atoms with Crippen molar-refractivity contribution in [1.29, 1.82) is 5.26 Å². The van der Waals surface area contributed by atoms with E-state index < -0.39 is 0 Å². The van der Waals surface area contributed by atoms with Crippen LogP contribution >= 0.6 is 0 Å². The van der Waals surface area contributed by atoms with Crippen molar-refractivity contribution in [2.45, 2.75) is 0 Å². The number of hydrogen-bond acceptors (Lipinski definition) is 7. The summed E-state index contributed by atoms with van der Waals surface area (Å²) in [5.74, 6) is 3.72. The molecule has 0 amide bonds. The van der Waals surface area contributed by atoms with Gasteiger partial charge in [0.1, 0.15) is 18.4 Å². The zero-order valence-corrected chi connectivity index (χ0v) is 13.4. The lowest BCUT2D eigenvalue weighted by atomic mass is 10.1. The van der Waals surface area contributed by atoms with E-state index in [1.165, 1.54) is 0 Å². The molecule has 1 aromatic heterocycles. The Balaban J connectivity index is 2.33. The van der Waals surface area contributed by atoms with Crippen LogP contribution in [0.5, 0.6) is 5.75 Å². The number of nitrogens with two attached hydrogens (primary N) is 1. The Morgan fingerprint density at radius 1 is 1.29 bits per heavy atom. The maximum Gasteiger partial charge on any atom is 0.230 e. The molecule has 0 radical (unpaired) electrons. The third-order valence-corrected chi connectivity index (χ3v) is 2.92. The number of ether oxygens (including phenoxy) is 1. The highest BCUT2D eigenvalue weighted by Gasteiger charge is 2.10. The van der Waals surface area contributed by atoms with Crippen molar-refractivity contribution in [2.75, 3.05) is 31.3 Å². The van der Waals surface area contributed by atoms with Gasteiger partial charge >= 0.3 is 0 Å². The summed E-state index contributed by atoms with van der Waals surface area (Å²) in [7, 11) is 3.56. The number of nitrogen functional groups attached to an aromatic ring is 1. The van der Waals surface area contributed by atoms with Crippen LogP contribution in [-0.2, 0) is 0 Å². The van der Waals surface area contributed by atoms with E-state index in [9.17, 15) is 5.26 Å². The fourth-order valence-electron chi connectivity index (χ4n) is 1.80. The molecule has 1 aromatic carbocycles. The predicted octanol–water partition coefficient (Wildman–Crippen LogP) is 1.60. The van der Waals surface area contributed by atoms with Crippen LogP contribution in [0.3, 0.4) is 0 Å². The minimum atomic E-state index is 0.0582. The molecule has 7 nitrogen and oxygen atoms in total. The third-order valence-electron chi connectivity index (χ3n) is 2.92. The van der Waals surface area contributed by atoms with Gasteiger partial charge in [-0.2, -0.15) is 20.2 Å². The molecular formula is C17H16N6O. The van der Waals surface area contributed by atoms with Crippen LogP contribution in [0, 0.1) is 23.7 Å². The number of rotatable bonds is 5. The Bertz CT molecular complexity index is 828. The van der Waals surface area contributed by atoms with Gasteiger partial charge in [0.15, 0.2) is 5.82 Å². The maximum atomic E-state index is 9.41. The van der Waals surface area contributed by atoms with Crippen molar-refractivity contribution in [3.63, 3.8) is 0 Å². The summed E-state index contributed by atoms with van der Waals surface area (Å²) >= 11 is 0. The second kappa shape index (κ2) is 7.61. The number of allylic oxidation sites excluding steroid dienone is 1. The molecule has 2 rings (SSSR count). The lowest BCUT2D eigenvalue weighted by molar-refractivity contribution is 0.370. The fraction of sp³-hybridized carbons (Fsp3) is 0.176. The second-order valence-electron chi connectivity index (χ2n) is 4.94. The quantitative estimate of drug-likeness (QED) is 0.659. The molecule has 0 saturated carbocycles. The van der Waals surface area contributed by atoms with E-state index in [2.05, 4.69) is 26.9 Å². The lowest BCUT2D eigenvalue weighted by Gasteiger charge is -2.11. The monoisotopic (exact) mass is 320 g/mol. The third kappa shape index (κ3) is 4.21. The van der Waals surface area contributed by atoms with Gasteiger partial charge in [-0.3, -0.25) is 0 Å². The molecule has 7 heteroatoms. The van der Waals surface area contributed by atoms with E-state index in [4.69, 9.17) is 16.9 Å². The Kier molecular flexibility index (Phi) is 5.32. The predicted molar refractivity (Wildman–Crippen MR) is 92.8 cm³/mol. The summed E-state index contributed by atoms with van der Waals surface area (Å²) in [6, 6.07) is 9.24. The van der Waals surface area contributed by atoms with Crippen LogP contribution < -0.4 is 15.4 Å². The number of nitriles is 1. The zero-order chi connectivity index (χ0) is 17.5. The van der Waals surface area contributed by atoms with Crippen LogP contribution in [0.15, 0.2) is 24.3 Å². The normalized spacial score (nSPS) is 10.6. The van der Waals surface area contributed by atoms with Crippen molar-refractivity contribution < 1.29 is 4.74 Å². The van der Waals surface area contributed by atoms with E-state index in [0.29, 0.717) is 11.7 Å². The summed E-state index contributed by atoms with van der Waals surface area (Å²) in [6.45, 7) is 0.204. The average molecular weight is 320 g/mol. The van der Waals surface area contributed by atoms with E-state index >= 15 is 0 Å². The second-order valence-corrected chi connectivity index (χ2v) is 4.94. The van der Waals surface area contributed by atoms with E-state index in [-0.39, 0.29) is 24.0 Å². The number of aromatic nitrogens is 3. The standard InChI is InChI=1S/C17H16N6O/c1-4-9-24-14-7-5-12(6-8-14)10-13(11-18)15-20-16(19)22-17(21-15)23(2)3/h1,5-8,10H,9H2,2-3H3,(H2,19,20,21,22)/b13-10-. The van der Waals surface area contributed by atoms with Crippen LogP contribution in [0.4, 0.5) is 11.9 Å². The molecular weight excluding hydrogens is 304 g/mol. The molecule has 0 aliphatic rings. The topological polar surface area (TPSA) is 101 Å². The maximum absolute atomic E-state index is 9.41. The minimum Gasteiger partial charge on any atom is -0.481 e. The van der Waals surface area contributed by atoms with Crippen molar-refractivity contribution in [3.8, 4) is 24.2 Å². The van der Waals surface area contributed by atoms with Crippen molar-refractivity contribution >= 4 is 23.5 Å². The zero-order valence-electron chi connectivity index (χ0n) is 13.4. The van der Waals surface area contributed by atoms with E-state index in [1.54, 1.807) is 49.3 Å². The highest BCUT2D eigenvalue weighted by molar-refractivity contribution is 5.87. The van der Waals surface area contributed by atoms with Crippen LogP contribution in [0.25, 0.3) is 11.6 Å². The highest BCUT2D eigenvalue weighted by Crippen LogP contribution is 2.19. The summed E-state index contributed by atoms with van der Waals surface area (Å²) in [4.78, 5) is 14.0. The molecule has 24 heavy (non-hydrogen) atoms. The van der Waals surface area contributed by atoms with Gasteiger partial charge in [0.2, 0.25) is 11.9 Å². The molecule has 0 atom stereocenters. The molecule has 1 heterocycles. The molecule has 0 aliphatic heterocycles. The molecule has 120 valence electrons. The summed E-state index contributed by atoms with van der Waals surface area (Å²) in [6.07, 6.45) is 6.81. The summed E-state index contributed by atoms with van der Waals surface area (Å²) in [5.41, 5.74) is 6.77. The molecule has 0 spiro atoms. The van der Waals surface area contributed by atoms with Gasteiger partial charge in [0.05, 0.1) is 5.57 Å². The summed E-state index contributed by atoms with van der Waals surface area (Å²) in [5, 5.41) is 9.41. The molecule has 0 fully saturated rings. The SMILES string of the molecule is C#CCOc1ccc(/C=C(/C#N)c2nc(N)nc(N(C)C)n2)cc1. The highest BCUT2D eigenvalue weighted by atomic mass is 16.5. The molecule has 2 N–H and O–H groups in total. The van der Waals surface area contributed by atoms with Crippen LogP contribution in [-0.4, -0.2) is 35.7 Å². The number of nitrogens with zero attached hydrogens (tertiary/aromatic N) is 5. The first kappa shape index (κ1) is 16.8. The first-order valence-corrected chi connectivity index (χ1v) is 7.01. The fourth-order valence-corrected chi connectivity index (χ4v) is 1.80. The Morgan fingerprint density at radius 2 is 2.00 bits per heavy atom. The van der Waals surface area contributed by atoms with Gasteiger partial charge in [-0.05, 0) is 23.8 Å². The van der Waals surface area contributed by atoms with Crippen LogP contribution in [0.2, 0.25) is 0 Å². The Labute approximate surface area is 140 Å². The minimum absolute atomic E-state index is 0.0582. The van der Waals surface area contributed by atoms with Gasteiger partial charge < -0.3 is 15.4 Å². The van der Waals surface area contributed by atoms with Crippen LogP contribution in [0.1, 0.15) is 11.4 Å². The van der Waals surface area contributed by atoms with Gasteiger partial charge in [0, 0.05) is 14.1 Å². The number of terminal acetylenes is 1. The van der Waals surface area contributed by atoms with Gasteiger partial charge in [-0.1, -0.05) is 18.1 Å². The largest absolute Gasteiger partial charge is 0.481 e. The smallest absolute Gasteiger partial charge is 0.230 e. The Morgan fingerprint density at radius 3 is 2.58 bits per heavy atom. The molecule has 0 saturated heterocycles. The first-order chi connectivity index (χ1) is 11.5. The van der Waals surface area contributed by atoms with Crippen molar-refractivity contribution in [2.24, 2.45) is 0 Å². The van der Waals surface area contributed by atoms with Gasteiger partial charge in [-0.15, -0.1) is 6.42 Å².